The number of rotatable bonds is 4. The van der Waals surface area contributed by atoms with Gasteiger partial charge in [-0.25, -0.2) is 0 Å². The highest BCUT2D eigenvalue weighted by Crippen LogP contribution is 2.30. The Bertz CT molecular complexity index is 653. The zero-order valence-corrected chi connectivity index (χ0v) is 13.0. The van der Waals surface area contributed by atoms with Crippen molar-refractivity contribution in [2.24, 2.45) is 11.8 Å². The van der Waals surface area contributed by atoms with Gasteiger partial charge in [-0.05, 0) is 37.3 Å². The summed E-state index contributed by atoms with van der Waals surface area (Å²) in [6.45, 7) is 3.04. The minimum absolute atomic E-state index is 0.201. The summed E-state index contributed by atoms with van der Waals surface area (Å²) in [4.78, 5) is 7.22. The first-order valence-electron chi connectivity index (χ1n) is 8.53. The molecule has 2 atom stereocenters. The summed E-state index contributed by atoms with van der Waals surface area (Å²) in [5.41, 5.74) is 2.16. The summed E-state index contributed by atoms with van der Waals surface area (Å²) in [6, 6.07) is 12.5. The fourth-order valence-corrected chi connectivity index (χ4v) is 3.82. The van der Waals surface area contributed by atoms with E-state index in [9.17, 15) is 5.11 Å². The highest BCUT2D eigenvalue weighted by molar-refractivity contribution is 5.78. The Morgan fingerprint density at radius 3 is 2.77 bits per heavy atom. The standard InChI is InChI=1S/C19H24N2O/c22-19-13-21(11-14-4-3-5-14)12-16(19)10-17-9-8-15-6-1-2-7-18(15)20-17/h1-2,6-9,14,16,19,22H,3-5,10-13H2/t16-,19-/m1/s1. The SMILES string of the molecule is O[C@@H]1CN(CC2CCC2)C[C@H]1Cc1ccc2ccccc2n1. The average Bonchev–Trinajstić information content (AvgIpc) is 2.83. The van der Waals surface area contributed by atoms with Gasteiger partial charge in [-0.1, -0.05) is 30.7 Å². The monoisotopic (exact) mass is 296 g/mol. The van der Waals surface area contributed by atoms with E-state index in [1.54, 1.807) is 0 Å². The number of aliphatic hydroxyl groups excluding tert-OH is 1. The van der Waals surface area contributed by atoms with E-state index in [4.69, 9.17) is 4.98 Å². The molecule has 2 aromatic rings. The number of fused-ring (bicyclic) bond motifs is 1. The molecule has 1 aromatic carbocycles. The van der Waals surface area contributed by atoms with Crippen LogP contribution in [0.5, 0.6) is 0 Å². The Morgan fingerprint density at radius 1 is 1.09 bits per heavy atom. The summed E-state index contributed by atoms with van der Waals surface area (Å²) < 4.78 is 0. The van der Waals surface area contributed by atoms with Crippen molar-refractivity contribution in [3.63, 3.8) is 0 Å². The van der Waals surface area contributed by atoms with Gasteiger partial charge < -0.3 is 10.0 Å². The lowest BCUT2D eigenvalue weighted by Gasteiger charge is -2.29. The van der Waals surface area contributed by atoms with Crippen molar-refractivity contribution < 1.29 is 5.11 Å². The van der Waals surface area contributed by atoms with Crippen LogP contribution in [-0.2, 0) is 6.42 Å². The molecule has 2 heterocycles. The molecule has 1 N–H and O–H groups in total. The van der Waals surface area contributed by atoms with Crippen molar-refractivity contribution in [2.75, 3.05) is 19.6 Å². The number of pyridine rings is 1. The van der Waals surface area contributed by atoms with Crippen molar-refractivity contribution >= 4 is 10.9 Å². The van der Waals surface area contributed by atoms with Crippen molar-refractivity contribution in [2.45, 2.75) is 31.8 Å². The van der Waals surface area contributed by atoms with E-state index >= 15 is 0 Å². The van der Waals surface area contributed by atoms with Gasteiger partial charge in [0.2, 0.25) is 0 Å². The molecule has 2 fully saturated rings. The molecule has 1 saturated heterocycles. The smallest absolute Gasteiger partial charge is 0.0711 e. The molecule has 3 nitrogen and oxygen atoms in total. The molecule has 2 aliphatic rings. The first kappa shape index (κ1) is 14.2. The van der Waals surface area contributed by atoms with Gasteiger partial charge in [0.25, 0.3) is 0 Å². The van der Waals surface area contributed by atoms with E-state index in [1.807, 2.05) is 12.1 Å². The fourth-order valence-electron chi connectivity index (χ4n) is 3.82. The van der Waals surface area contributed by atoms with E-state index in [0.717, 1.165) is 36.6 Å². The average molecular weight is 296 g/mol. The molecule has 0 spiro atoms. The Hall–Kier alpha value is -1.45. The van der Waals surface area contributed by atoms with Gasteiger partial charge in [0.15, 0.2) is 0 Å². The van der Waals surface area contributed by atoms with E-state index in [-0.39, 0.29) is 6.10 Å². The van der Waals surface area contributed by atoms with E-state index in [0.29, 0.717) is 5.92 Å². The number of para-hydroxylation sites is 1. The first-order chi connectivity index (χ1) is 10.8. The highest BCUT2D eigenvalue weighted by Gasteiger charge is 2.33. The Balaban J connectivity index is 1.42. The van der Waals surface area contributed by atoms with Crippen LogP contribution in [0.15, 0.2) is 36.4 Å². The van der Waals surface area contributed by atoms with Crippen LogP contribution in [0.3, 0.4) is 0 Å². The first-order valence-corrected chi connectivity index (χ1v) is 8.53. The number of likely N-dealkylation sites (tertiary alicyclic amines) is 1. The third-order valence-corrected chi connectivity index (χ3v) is 5.35. The molecule has 0 bridgehead atoms. The maximum absolute atomic E-state index is 10.4. The van der Waals surface area contributed by atoms with Crippen molar-refractivity contribution in [1.29, 1.82) is 0 Å². The number of benzene rings is 1. The molecule has 0 unspecified atom stereocenters. The van der Waals surface area contributed by atoms with Gasteiger partial charge in [-0.3, -0.25) is 4.98 Å². The van der Waals surface area contributed by atoms with Gasteiger partial charge in [-0.15, -0.1) is 0 Å². The van der Waals surface area contributed by atoms with Crippen LogP contribution in [0.1, 0.15) is 25.0 Å². The zero-order chi connectivity index (χ0) is 14.9. The Kier molecular flexibility index (Phi) is 3.85. The van der Waals surface area contributed by atoms with E-state index < -0.39 is 0 Å². The van der Waals surface area contributed by atoms with Crippen molar-refractivity contribution in [1.82, 2.24) is 9.88 Å². The van der Waals surface area contributed by atoms with Crippen LogP contribution in [0.4, 0.5) is 0 Å². The molecule has 1 aromatic heterocycles. The van der Waals surface area contributed by atoms with Gasteiger partial charge in [0.1, 0.15) is 0 Å². The Labute approximate surface area is 132 Å². The topological polar surface area (TPSA) is 36.4 Å². The summed E-state index contributed by atoms with van der Waals surface area (Å²) in [5, 5.41) is 11.6. The number of aliphatic hydroxyl groups is 1. The largest absolute Gasteiger partial charge is 0.391 e. The molecular formula is C19H24N2O. The van der Waals surface area contributed by atoms with Gasteiger partial charge >= 0.3 is 0 Å². The van der Waals surface area contributed by atoms with Crippen LogP contribution < -0.4 is 0 Å². The minimum atomic E-state index is -0.201. The number of aromatic nitrogens is 1. The van der Waals surface area contributed by atoms with Crippen LogP contribution >= 0.6 is 0 Å². The van der Waals surface area contributed by atoms with Crippen LogP contribution in [-0.4, -0.2) is 40.7 Å². The van der Waals surface area contributed by atoms with Gasteiger partial charge in [-0.2, -0.15) is 0 Å². The van der Waals surface area contributed by atoms with E-state index in [1.165, 1.54) is 31.2 Å². The van der Waals surface area contributed by atoms with Crippen LogP contribution in [0.2, 0.25) is 0 Å². The third-order valence-electron chi connectivity index (χ3n) is 5.35. The maximum atomic E-state index is 10.4. The third kappa shape index (κ3) is 2.88. The number of hydrogen-bond acceptors (Lipinski definition) is 3. The lowest BCUT2D eigenvalue weighted by molar-refractivity contribution is 0.135. The maximum Gasteiger partial charge on any atom is 0.0711 e. The molecular weight excluding hydrogens is 272 g/mol. The van der Waals surface area contributed by atoms with Crippen LogP contribution in [0, 0.1) is 11.8 Å². The lowest BCUT2D eigenvalue weighted by atomic mass is 9.85. The van der Waals surface area contributed by atoms with Gasteiger partial charge in [0.05, 0.1) is 11.6 Å². The molecule has 1 aliphatic carbocycles. The normalized spacial score (nSPS) is 26.4. The summed E-state index contributed by atoms with van der Waals surface area (Å²) in [6.07, 6.45) is 4.83. The lowest BCUT2D eigenvalue weighted by Crippen LogP contribution is -2.31. The predicted octanol–water partition coefficient (Wildman–Crippen LogP) is 2.87. The minimum Gasteiger partial charge on any atom is -0.391 e. The Morgan fingerprint density at radius 2 is 1.95 bits per heavy atom. The molecule has 116 valence electrons. The van der Waals surface area contributed by atoms with Crippen molar-refractivity contribution in [3.8, 4) is 0 Å². The number of nitrogens with zero attached hydrogens (tertiary/aromatic N) is 2. The highest BCUT2D eigenvalue weighted by atomic mass is 16.3. The molecule has 4 rings (SSSR count). The summed E-state index contributed by atoms with van der Waals surface area (Å²) in [5.74, 6) is 1.21. The molecule has 22 heavy (non-hydrogen) atoms. The molecule has 3 heteroatoms. The second kappa shape index (κ2) is 5.98. The van der Waals surface area contributed by atoms with E-state index in [2.05, 4.69) is 29.2 Å². The number of β-amino-alcohol motifs (C(OH)–C–C–N with tert-alkyl or cyclic N) is 1. The predicted molar refractivity (Wildman–Crippen MR) is 88.7 cm³/mol. The van der Waals surface area contributed by atoms with Gasteiger partial charge in [0, 0.05) is 36.6 Å². The second-order valence-corrected chi connectivity index (χ2v) is 7.04. The molecule has 0 amide bonds. The summed E-state index contributed by atoms with van der Waals surface area (Å²) in [7, 11) is 0. The quantitative estimate of drug-likeness (QED) is 0.942. The molecule has 0 radical (unpaired) electrons. The molecule has 1 aliphatic heterocycles. The van der Waals surface area contributed by atoms with Crippen LogP contribution in [0.25, 0.3) is 10.9 Å². The number of hydrogen-bond donors (Lipinski definition) is 1. The fraction of sp³-hybridized carbons (Fsp3) is 0.526. The summed E-state index contributed by atoms with van der Waals surface area (Å²) >= 11 is 0. The zero-order valence-electron chi connectivity index (χ0n) is 13.0. The second-order valence-electron chi connectivity index (χ2n) is 7.04. The van der Waals surface area contributed by atoms with Crippen molar-refractivity contribution in [3.05, 3.63) is 42.1 Å². The molecule has 1 saturated carbocycles.